The van der Waals surface area contributed by atoms with Gasteiger partial charge in [-0.3, -0.25) is 0 Å². The van der Waals surface area contributed by atoms with Gasteiger partial charge in [0, 0.05) is 24.3 Å². The van der Waals surface area contributed by atoms with Gasteiger partial charge in [-0.1, -0.05) is 35.9 Å². The molecule has 0 aliphatic carbocycles. The van der Waals surface area contributed by atoms with Crippen LogP contribution >= 0.6 is 11.6 Å². The summed E-state index contributed by atoms with van der Waals surface area (Å²) in [6, 6.07) is 17.8. The summed E-state index contributed by atoms with van der Waals surface area (Å²) in [5.41, 5.74) is 2.44. The van der Waals surface area contributed by atoms with Crippen LogP contribution in [0.4, 0.5) is 11.8 Å². The van der Waals surface area contributed by atoms with E-state index in [1.165, 1.54) is 11.1 Å². The molecule has 6 heteroatoms. The van der Waals surface area contributed by atoms with Crippen molar-refractivity contribution in [3.63, 3.8) is 0 Å². The summed E-state index contributed by atoms with van der Waals surface area (Å²) in [5, 5.41) is 7.35. The molecule has 27 heavy (non-hydrogen) atoms. The number of nitrogens with zero attached hydrogens (tertiary/aromatic N) is 2. The standard InChI is InChI=1S/C21H23ClN4O/c1-27-19-4-2-3-17(15-19)10-12-23-20-11-14-25-21(26-20)24-13-9-16-5-7-18(22)8-6-16/h2-8,11,14-15H,9-10,12-13H2,1H3,(H2,23,24,25,26). The molecule has 0 saturated carbocycles. The molecule has 0 spiro atoms. The molecular formula is C21H23ClN4O. The summed E-state index contributed by atoms with van der Waals surface area (Å²) in [6.07, 6.45) is 3.53. The number of halogens is 1. The molecule has 0 radical (unpaired) electrons. The highest BCUT2D eigenvalue weighted by Gasteiger charge is 2.01. The number of anilines is 2. The first-order valence-corrected chi connectivity index (χ1v) is 9.29. The van der Waals surface area contributed by atoms with Crippen molar-refractivity contribution in [1.82, 2.24) is 9.97 Å². The van der Waals surface area contributed by atoms with Gasteiger partial charge < -0.3 is 15.4 Å². The fraction of sp³-hybridized carbons (Fsp3) is 0.238. The van der Waals surface area contributed by atoms with Crippen LogP contribution in [-0.2, 0) is 12.8 Å². The zero-order valence-electron chi connectivity index (χ0n) is 15.3. The molecule has 0 fully saturated rings. The number of hydrogen-bond acceptors (Lipinski definition) is 5. The molecule has 5 nitrogen and oxygen atoms in total. The molecule has 2 N–H and O–H groups in total. The van der Waals surface area contributed by atoms with Gasteiger partial charge in [-0.05, 0) is 54.3 Å². The van der Waals surface area contributed by atoms with E-state index >= 15 is 0 Å². The van der Waals surface area contributed by atoms with Gasteiger partial charge >= 0.3 is 0 Å². The summed E-state index contributed by atoms with van der Waals surface area (Å²) >= 11 is 5.91. The minimum absolute atomic E-state index is 0.621. The van der Waals surface area contributed by atoms with Crippen molar-refractivity contribution in [3.8, 4) is 5.75 Å². The van der Waals surface area contributed by atoms with Crippen molar-refractivity contribution in [2.24, 2.45) is 0 Å². The van der Waals surface area contributed by atoms with Gasteiger partial charge in [0.25, 0.3) is 0 Å². The first kappa shape index (κ1) is 19.0. The summed E-state index contributed by atoms with van der Waals surface area (Å²) < 4.78 is 5.25. The monoisotopic (exact) mass is 382 g/mol. The third kappa shape index (κ3) is 6.15. The second-order valence-electron chi connectivity index (χ2n) is 6.10. The number of aromatic nitrogens is 2. The average Bonchev–Trinajstić information content (AvgIpc) is 2.70. The Bertz CT molecular complexity index is 855. The lowest BCUT2D eigenvalue weighted by Crippen LogP contribution is -2.11. The van der Waals surface area contributed by atoms with E-state index in [-0.39, 0.29) is 0 Å². The normalized spacial score (nSPS) is 10.4. The van der Waals surface area contributed by atoms with Crippen LogP contribution in [0, 0.1) is 0 Å². The molecule has 3 aromatic rings. The van der Waals surface area contributed by atoms with E-state index in [2.05, 4.69) is 26.7 Å². The van der Waals surface area contributed by atoms with Crippen molar-refractivity contribution >= 4 is 23.4 Å². The van der Waals surface area contributed by atoms with Crippen LogP contribution in [0.15, 0.2) is 60.8 Å². The van der Waals surface area contributed by atoms with Gasteiger partial charge in [-0.2, -0.15) is 4.98 Å². The summed E-state index contributed by atoms with van der Waals surface area (Å²) in [6.45, 7) is 1.54. The highest BCUT2D eigenvalue weighted by Crippen LogP contribution is 2.14. The van der Waals surface area contributed by atoms with Crippen LogP contribution in [0.25, 0.3) is 0 Å². The molecule has 0 atom stereocenters. The van der Waals surface area contributed by atoms with Crippen LogP contribution < -0.4 is 15.4 Å². The van der Waals surface area contributed by atoms with Gasteiger partial charge in [0.15, 0.2) is 0 Å². The number of methoxy groups -OCH3 is 1. The smallest absolute Gasteiger partial charge is 0.224 e. The highest BCUT2D eigenvalue weighted by molar-refractivity contribution is 6.30. The summed E-state index contributed by atoms with van der Waals surface area (Å²) in [5.74, 6) is 2.30. The molecule has 0 amide bonds. The van der Waals surface area contributed by atoms with Crippen molar-refractivity contribution in [2.75, 3.05) is 30.8 Å². The van der Waals surface area contributed by atoms with Crippen molar-refractivity contribution < 1.29 is 4.74 Å². The molecule has 1 aromatic heterocycles. The van der Waals surface area contributed by atoms with E-state index in [0.717, 1.165) is 42.5 Å². The van der Waals surface area contributed by atoms with E-state index in [0.29, 0.717) is 5.95 Å². The van der Waals surface area contributed by atoms with Crippen LogP contribution in [-0.4, -0.2) is 30.2 Å². The lowest BCUT2D eigenvalue weighted by molar-refractivity contribution is 0.414. The van der Waals surface area contributed by atoms with Gasteiger partial charge in [-0.15, -0.1) is 0 Å². The molecule has 0 unspecified atom stereocenters. The van der Waals surface area contributed by atoms with Gasteiger partial charge in [0.1, 0.15) is 11.6 Å². The minimum atomic E-state index is 0.621. The van der Waals surface area contributed by atoms with E-state index < -0.39 is 0 Å². The molecule has 140 valence electrons. The number of rotatable bonds is 9. The van der Waals surface area contributed by atoms with Crippen molar-refractivity contribution in [1.29, 1.82) is 0 Å². The molecular weight excluding hydrogens is 360 g/mol. The fourth-order valence-corrected chi connectivity index (χ4v) is 2.80. The lowest BCUT2D eigenvalue weighted by Gasteiger charge is -2.09. The quantitative estimate of drug-likeness (QED) is 0.572. The zero-order valence-corrected chi connectivity index (χ0v) is 16.0. The molecule has 0 bridgehead atoms. The summed E-state index contributed by atoms with van der Waals surface area (Å²) in [4.78, 5) is 8.78. The third-order valence-corrected chi connectivity index (χ3v) is 4.37. The Kier molecular flexibility index (Phi) is 6.88. The van der Waals surface area contributed by atoms with E-state index in [1.807, 2.05) is 48.5 Å². The van der Waals surface area contributed by atoms with E-state index in [4.69, 9.17) is 16.3 Å². The second kappa shape index (κ2) is 9.78. The number of benzene rings is 2. The van der Waals surface area contributed by atoms with Crippen molar-refractivity contribution in [3.05, 3.63) is 76.9 Å². The zero-order chi connectivity index (χ0) is 18.9. The van der Waals surface area contributed by atoms with Gasteiger partial charge in [-0.25, -0.2) is 4.98 Å². The number of nitrogens with one attached hydrogen (secondary N) is 2. The maximum absolute atomic E-state index is 5.91. The highest BCUT2D eigenvalue weighted by atomic mass is 35.5. The van der Waals surface area contributed by atoms with E-state index in [9.17, 15) is 0 Å². The third-order valence-electron chi connectivity index (χ3n) is 4.12. The average molecular weight is 383 g/mol. The first-order chi connectivity index (χ1) is 13.2. The van der Waals surface area contributed by atoms with E-state index in [1.54, 1.807) is 13.3 Å². The molecule has 3 rings (SSSR count). The Labute approximate surface area is 164 Å². The molecule has 0 aliphatic rings. The van der Waals surface area contributed by atoms with Gasteiger partial charge in [0.2, 0.25) is 5.95 Å². The largest absolute Gasteiger partial charge is 0.497 e. The summed E-state index contributed by atoms with van der Waals surface area (Å²) in [7, 11) is 1.68. The topological polar surface area (TPSA) is 59.1 Å². The van der Waals surface area contributed by atoms with Crippen LogP contribution in [0.3, 0.4) is 0 Å². The molecule has 0 aliphatic heterocycles. The predicted octanol–water partition coefficient (Wildman–Crippen LogP) is 4.45. The SMILES string of the molecule is COc1cccc(CCNc2ccnc(NCCc3ccc(Cl)cc3)n2)c1. The van der Waals surface area contributed by atoms with Crippen LogP contribution in [0.1, 0.15) is 11.1 Å². The number of ether oxygens (including phenoxy) is 1. The maximum Gasteiger partial charge on any atom is 0.224 e. The molecule has 0 saturated heterocycles. The van der Waals surface area contributed by atoms with Crippen molar-refractivity contribution in [2.45, 2.75) is 12.8 Å². The maximum atomic E-state index is 5.91. The fourth-order valence-electron chi connectivity index (χ4n) is 2.67. The molecule has 1 heterocycles. The van der Waals surface area contributed by atoms with Crippen LogP contribution in [0.5, 0.6) is 5.75 Å². The Morgan fingerprint density at radius 3 is 2.52 bits per heavy atom. The first-order valence-electron chi connectivity index (χ1n) is 8.91. The van der Waals surface area contributed by atoms with Crippen LogP contribution in [0.2, 0.25) is 5.02 Å². The lowest BCUT2D eigenvalue weighted by atomic mass is 10.1. The molecule has 2 aromatic carbocycles. The Hall–Kier alpha value is -2.79. The number of hydrogen-bond donors (Lipinski definition) is 2. The Morgan fingerprint density at radius 2 is 1.70 bits per heavy atom. The predicted molar refractivity (Wildman–Crippen MR) is 111 cm³/mol. The Balaban J connectivity index is 1.46. The second-order valence-corrected chi connectivity index (χ2v) is 6.53. The Morgan fingerprint density at radius 1 is 0.926 bits per heavy atom. The minimum Gasteiger partial charge on any atom is -0.497 e. The van der Waals surface area contributed by atoms with Gasteiger partial charge in [0.05, 0.1) is 7.11 Å².